The Morgan fingerprint density at radius 3 is 2.27 bits per heavy atom. The van der Waals surface area contributed by atoms with Crippen molar-refractivity contribution in [2.75, 3.05) is 11.5 Å². The summed E-state index contributed by atoms with van der Waals surface area (Å²) in [5, 5.41) is 10.5. The van der Waals surface area contributed by atoms with Crippen molar-refractivity contribution in [3.63, 3.8) is 0 Å². The molecule has 80 valence electrons. The van der Waals surface area contributed by atoms with Crippen LogP contribution in [-0.4, -0.2) is 16.4 Å². The van der Waals surface area contributed by atoms with Crippen LogP contribution in [0.1, 0.15) is 12.5 Å². The maximum Gasteiger partial charge on any atom is 0.269 e. The highest BCUT2D eigenvalue weighted by Gasteiger charge is 2.32. The molecule has 15 heavy (non-hydrogen) atoms. The predicted octanol–water partition coefficient (Wildman–Crippen LogP) is 3.25. The van der Waals surface area contributed by atoms with Gasteiger partial charge in [0.25, 0.3) is 5.69 Å². The van der Waals surface area contributed by atoms with Crippen LogP contribution in [-0.2, 0) is 4.08 Å². The zero-order valence-electron chi connectivity index (χ0n) is 8.30. The van der Waals surface area contributed by atoms with Crippen LogP contribution in [0.15, 0.2) is 24.3 Å². The summed E-state index contributed by atoms with van der Waals surface area (Å²) in [6.07, 6.45) is 0. The number of hydrogen-bond donors (Lipinski definition) is 0. The first-order chi connectivity index (χ1) is 7.12. The topological polar surface area (TPSA) is 43.1 Å². The van der Waals surface area contributed by atoms with Gasteiger partial charge in [-0.2, -0.15) is 0 Å². The van der Waals surface area contributed by atoms with Crippen molar-refractivity contribution in [1.82, 2.24) is 0 Å². The number of non-ortho nitro benzene ring substituents is 1. The highest BCUT2D eigenvalue weighted by Crippen LogP contribution is 2.51. The van der Waals surface area contributed by atoms with Gasteiger partial charge in [-0.15, -0.1) is 23.5 Å². The molecule has 1 fully saturated rings. The summed E-state index contributed by atoms with van der Waals surface area (Å²) in [6.45, 7) is 2.18. The Labute approximate surface area is 96.8 Å². The van der Waals surface area contributed by atoms with Crippen LogP contribution in [0.5, 0.6) is 0 Å². The number of hydrogen-bond acceptors (Lipinski definition) is 4. The van der Waals surface area contributed by atoms with E-state index in [1.165, 1.54) is 5.56 Å². The van der Waals surface area contributed by atoms with Crippen LogP contribution in [0, 0.1) is 10.1 Å². The molecular weight excluding hydrogens is 230 g/mol. The Balaban J connectivity index is 2.26. The van der Waals surface area contributed by atoms with Gasteiger partial charge >= 0.3 is 0 Å². The van der Waals surface area contributed by atoms with Crippen molar-refractivity contribution >= 4 is 29.2 Å². The Morgan fingerprint density at radius 2 is 1.80 bits per heavy atom. The summed E-state index contributed by atoms with van der Waals surface area (Å²) in [4.78, 5) is 10.1. The van der Waals surface area contributed by atoms with Crippen molar-refractivity contribution in [3.8, 4) is 0 Å². The van der Waals surface area contributed by atoms with E-state index in [-0.39, 0.29) is 14.7 Å². The van der Waals surface area contributed by atoms with Crippen LogP contribution in [0.2, 0.25) is 0 Å². The van der Waals surface area contributed by atoms with Gasteiger partial charge in [-0.25, -0.2) is 0 Å². The molecule has 1 aromatic carbocycles. The molecule has 2 rings (SSSR count). The summed E-state index contributed by atoms with van der Waals surface area (Å²) in [6, 6.07) is 6.90. The van der Waals surface area contributed by atoms with Gasteiger partial charge in [0.1, 0.15) is 0 Å². The fourth-order valence-corrected chi connectivity index (χ4v) is 4.45. The SMILES string of the molecule is CC1(c2ccc([N+](=O)[O-])cc2)SCCS1. The minimum atomic E-state index is -0.360. The van der Waals surface area contributed by atoms with Gasteiger partial charge in [-0.3, -0.25) is 10.1 Å². The molecule has 0 amide bonds. The van der Waals surface area contributed by atoms with E-state index in [2.05, 4.69) is 6.92 Å². The summed E-state index contributed by atoms with van der Waals surface area (Å²) < 4.78 is 0.0785. The smallest absolute Gasteiger partial charge is 0.258 e. The Kier molecular flexibility index (Phi) is 2.93. The number of nitro groups is 1. The summed E-state index contributed by atoms with van der Waals surface area (Å²) in [5.41, 5.74) is 1.33. The minimum Gasteiger partial charge on any atom is -0.258 e. The van der Waals surface area contributed by atoms with E-state index >= 15 is 0 Å². The molecule has 0 atom stereocenters. The molecule has 0 aliphatic carbocycles. The highest BCUT2D eigenvalue weighted by atomic mass is 32.2. The molecule has 0 N–H and O–H groups in total. The van der Waals surface area contributed by atoms with Crippen molar-refractivity contribution in [3.05, 3.63) is 39.9 Å². The lowest BCUT2D eigenvalue weighted by Gasteiger charge is -2.21. The van der Waals surface area contributed by atoms with E-state index in [0.29, 0.717) is 0 Å². The largest absolute Gasteiger partial charge is 0.269 e. The van der Waals surface area contributed by atoms with E-state index in [4.69, 9.17) is 0 Å². The van der Waals surface area contributed by atoms with Gasteiger partial charge in [0, 0.05) is 23.6 Å². The monoisotopic (exact) mass is 241 g/mol. The first-order valence-corrected chi connectivity index (χ1v) is 6.62. The lowest BCUT2D eigenvalue weighted by atomic mass is 10.1. The molecule has 0 unspecified atom stereocenters. The van der Waals surface area contributed by atoms with Crippen molar-refractivity contribution in [1.29, 1.82) is 0 Å². The van der Waals surface area contributed by atoms with E-state index in [1.54, 1.807) is 12.1 Å². The normalized spacial score (nSPS) is 19.0. The van der Waals surface area contributed by atoms with Gasteiger partial charge in [0.15, 0.2) is 0 Å². The quantitative estimate of drug-likeness (QED) is 0.589. The molecule has 5 heteroatoms. The van der Waals surface area contributed by atoms with Crippen LogP contribution in [0.3, 0.4) is 0 Å². The van der Waals surface area contributed by atoms with E-state index in [9.17, 15) is 10.1 Å². The summed E-state index contributed by atoms with van der Waals surface area (Å²) in [5.74, 6) is 2.30. The van der Waals surface area contributed by atoms with Gasteiger partial charge in [-0.05, 0) is 24.6 Å². The first kappa shape index (κ1) is 10.8. The summed E-state index contributed by atoms with van der Waals surface area (Å²) >= 11 is 3.81. The third-order valence-electron chi connectivity index (χ3n) is 2.44. The standard InChI is InChI=1S/C10H11NO2S2/c1-10(14-6-7-15-10)8-2-4-9(5-3-8)11(12)13/h2-5H,6-7H2,1H3. The number of thioether (sulfide) groups is 2. The minimum absolute atomic E-state index is 0.0785. The highest BCUT2D eigenvalue weighted by molar-refractivity contribution is 8.20. The molecule has 0 bridgehead atoms. The second kappa shape index (κ2) is 4.06. The molecule has 1 aliphatic heterocycles. The molecule has 1 aliphatic rings. The van der Waals surface area contributed by atoms with Crippen LogP contribution in [0.4, 0.5) is 5.69 Å². The maximum atomic E-state index is 10.5. The lowest BCUT2D eigenvalue weighted by Crippen LogP contribution is -2.08. The van der Waals surface area contributed by atoms with E-state index in [0.717, 1.165) is 11.5 Å². The molecule has 1 saturated heterocycles. The molecular formula is C10H11NO2S2. The molecule has 1 heterocycles. The third-order valence-corrected chi connectivity index (χ3v) is 5.80. The van der Waals surface area contributed by atoms with E-state index in [1.807, 2.05) is 35.7 Å². The number of rotatable bonds is 2. The van der Waals surface area contributed by atoms with Gasteiger partial charge in [0.2, 0.25) is 0 Å². The van der Waals surface area contributed by atoms with Crippen LogP contribution in [0.25, 0.3) is 0 Å². The van der Waals surface area contributed by atoms with Gasteiger partial charge < -0.3 is 0 Å². The second-order valence-corrected chi connectivity index (χ2v) is 6.73. The predicted molar refractivity (Wildman–Crippen MR) is 65.4 cm³/mol. The molecule has 0 spiro atoms. The summed E-state index contributed by atoms with van der Waals surface area (Å²) in [7, 11) is 0. The third kappa shape index (κ3) is 2.13. The van der Waals surface area contributed by atoms with Crippen molar-refractivity contribution in [2.24, 2.45) is 0 Å². The number of nitrogens with zero attached hydrogens (tertiary/aromatic N) is 1. The number of nitro benzene ring substituents is 1. The Bertz CT molecular complexity index is 372. The molecule has 1 aromatic rings. The Morgan fingerprint density at radius 1 is 1.27 bits per heavy atom. The van der Waals surface area contributed by atoms with Gasteiger partial charge in [-0.1, -0.05) is 0 Å². The average Bonchev–Trinajstić information content (AvgIpc) is 2.67. The van der Waals surface area contributed by atoms with Crippen LogP contribution < -0.4 is 0 Å². The second-order valence-electron chi connectivity index (χ2n) is 3.45. The average molecular weight is 241 g/mol. The van der Waals surface area contributed by atoms with Crippen molar-refractivity contribution < 1.29 is 4.92 Å². The fraction of sp³-hybridized carbons (Fsp3) is 0.400. The molecule has 0 aromatic heterocycles. The Hall–Kier alpha value is -0.680. The fourth-order valence-electron chi connectivity index (χ4n) is 1.57. The number of benzene rings is 1. The van der Waals surface area contributed by atoms with Crippen molar-refractivity contribution in [2.45, 2.75) is 11.0 Å². The zero-order valence-corrected chi connectivity index (χ0v) is 9.94. The molecule has 3 nitrogen and oxygen atoms in total. The maximum absolute atomic E-state index is 10.5. The molecule has 0 radical (unpaired) electrons. The lowest BCUT2D eigenvalue weighted by molar-refractivity contribution is -0.384. The first-order valence-electron chi connectivity index (χ1n) is 4.65. The van der Waals surface area contributed by atoms with E-state index < -0.39 is 0 Å². The zero-order chi connectivity index (χ0) is 10.9. The van der Waals surface area contributed by atoms with Gasteiger partial charge in [0.05, 0.1) is 9.00 Å². The van der Waals surface area contributed by atoms with Crippen LogP contribution >= 0.6 is 23.5 Å². The molecule has 0 saturated carbocycles.